The Morgan fingerprint density at radius 1 is 1.29 bits per heavy atom. The Morgan fingerprint density at radius 2 is 2.10 bits per heavy atom. The maximum atomic E-state index is 9.22. The highest BCUT2D eigenvalue weighted by molar-refractivity contribution is 7.10. The van der Waals surface area contributed by atoms with Crippen molar-refractivity contribution in [3.05, 3.63) is 29.7 Å². The van der Waals surface area contributed by atoms with Crippen molar-refractivity contribution < 1.29 is 0 Å². The van der Waals surface area contributed by atoms with Crippen LogP contribution < -0.4 is 10.2 Å². The predicted molar refractivity (Wildman–Crippen MR) is 85.1 cm³/mol. The van der Waals surface area contributed by atoms with Crippen molar-refractivity contribution in [3.63, 3.8) is 0 Å². The molecule has 1 aliphatic heterocycles. The van der Waals surface area contributed by atoms with E-state index < -0.39 is 0 Å². The van der Waals surface area contributed by atoms with E-state index >= 15 is 0 Å². The molecule has 0 amide bonds. The number of pyridine rings is 1. The second-order valence-electron chi connectivity index (χ2n) is 5.21. The molecule has 3 heterocycles. The number of aryl methyl sites for hydroxylation is 1. The molecular formula is C15H17N5S. The first-order chi connectivity index (χ1) is 10.3. The molecule has 0 unspecified atom stereocenters. The standard InChI is InChI=1S/C15H17N5S/c1-11-7-15(21-19-11)18-13-8-12(10-17-14(13)9-16)20-5-3-2-4-6-20/h7-8,10,18H,2-6H2,1H3. The van der Waals surface area contributed by atoms with Crippen LogP contribution in [0.5, 0.6) is 0 Å². The molecule has 1 fully saturated rings. The van der Waals surface area contributed by atoms with E-state index in [-0.39, 0.29) is 0 Å². The number of hydrogen-bond donors (Lipinski definition) is 1. The predicted octanol–water partition coefficient (Wildman–Crippen LogP) is 3.45. The number of anilines is 3. The monoisotopic (exact) mass is 299 g/mol. The summed E-state index contributed by atoms with van der Waals surface area (Å²) in [5, 5.41) is 13.4. The van der Waals surface area contributed by atoms with Gasteiger partial charge in [0.15, 0.2) is 5.69 Å². The van der Waals surface area contributed by atoms with Crippen LogP contribution in [-0.2, 0) is 0 Å². The molecule has 0 aromatic carbocycles. The molecule has 5 nitrogen and oxygen atoms in total. The fourth-order valence-electron chi connectivity index (χ4n) is 2.52. The number of aromatic nitrogens is 2. The molecular weight excluding hydrogens is 282 g/mol. The van der Waals surface area contributed by atoms with Gasteiger partial charge in [0.1, 0.15) is 11.1 Å². The number of piperidine rings is 1. The van der Waals surface area contributed by atoms with Crippen LogP contribution in [0.15, 0.2) is 18.3 Å². The van der Waals surface area contributed by atoms with Crippen LogP contribution in [0.2, 0.25) is 0 Å². The van der Waals surface area contributed by atoms with Gasteiger partial charge in [-0.05, 0) is 49.9 Å². The fourth-order valence-corrected chi connectivity index (χ4v) is 3.19. The molecule has 1 saturated heterocycles. The highest BCUT2D eigenvalue weighted by atomic mass is 32.1. The average Bonchev–Trinajstić information content (AvgIpc) is 2.93. The highest BCUT2D eigenvalue weighted by Crippen LogP contribution is 2.28. The van der Waals surface area contributed by atoms with Gasteiger partial charge in [0.2, 0.25) is 0 Å². The van der Waals surface area contributed by atoms with Gasteiger partial charge in [0, 0.05) is 13.1 Å². The third kappa shape index (κ3) is 3.14. The van der Waals surface area contributed by atoms with Crippen molar-refractivity contribution in [2.45, 2.75) is 26.2 Å². The molecule has 3 rings (SSSR count). The summed E-state index contributed by atoms with van der Waals surface area (Å²) in [7, 11) is 0. The molecule has 1 N–H and O–H groups in total. The quantitative estimate of drug-likeness (QED) is 0.940. The molecule has 0 atom stereocenters. The molecule has 0 saturated carbocycles. The summed E-state index contributed by atoms with van der Waals surface area (Å²) in [6.07, 6.45) is 5.53. The first kappa shape index (κ1) is 13.8. The SMILES string of the molecule is Cc1cc(Nc2cc(N3CCCCC3)cnc2C#N)sn1. The van der Waals surface area contributed by atoms with Crippen molar-refractivity contribution in [2.75, 3.05) is 23.3 Å². The van der Waals surface area contributed by atoms with Crippen LogP contribution in [0, 0.1) is 18.3 Å². The van der Waals surface area contributed by atoms with Gasteiger partial charge in [-0.2, -0.15) is 9.64 Å². The van der Waals surface area contributed by atoms with Crippen LogP contribution >= 0.6 is 11.5 Å². The van der Waals surface area contributed by atoms with Crippen LogP contribution in [0.25, 0.3) is 0 Å². The van der Waals surface area contributed by atoms with E-state index in [2.05, 4.69) is 25.6 Å². The van der Waals surface area contributed by atoms with Gasteiger partial charge >= 0.3 is 0 Å². The lowest BCUT2D eigenvalue weighted by Crippen LogP contribution is -2.29. The molecule has 0 spiro atoms. The van der Waals surface area contributed by atoms with Crippen LogP contribution in [-0.4, -0.2) is 22.4 Å². The molecule has 6 heteroatoms. The number of nitrogens with one attached hydrogen (secondary N) is 1. The normalized spacial score (nSPS) is 14.8. The van der Waals surface area contributed by atoms with Crippen LogP contribution in [0.1, 0.15) is 30.7 Å². The van der Waals surface area contributed by atoms with Crippen LogP contribution in [0.3, 0.4) is 0 Å². The summed E-state index contributed by atoms with van der Waals surface area (Å²) < 4.78 is 4.25. The Hall–Kier alpha value is -2.13. The molecule has 0 bridgehead atoms. The Morgan fingerprint density at radius 3 is 2.76 bits per heavy atom. The molecule has 0 radical (unpaired) electrons. The van der Waals surface area contributed by atoms with Crippen molar-refractivity contribution >= 4 is 27.9 Å². The topological polar surface area (TPSA) is 64.8 Å². The minimum atomic E-state index is 0.418. The maximum Gasteiger partial charge on any atom is 0.164 e. The van der Waals surface area contributed by atoms with Gasteiger partial charge in [-0.3, -0.25) is 0 Å². The van der Waals surface area contributed by atoms with Crippen molar-refractivity contribution in [1.82, 2.24) is 9.36 Å². The largest absolute Gasteiger partial charge is 0.370 e. The summed E-state index contributed by atoms with van der Waals surface area (Å²) in [5.41, 5.74) is 3.23. The first-order valence-electron chi connectivity index (χ1n) is 7.12. The minimum Gasteiger partial charge on any atom is -0.370 e. The zero-order valence-corrected chi connectivity index (χ0v) is 12.8. The lowest BCUT2D eigenvalue weighted by atomic mass is 10.1. The third-order valence-corrected chi connectivity index (χ3v) is 4.38. The second kappa shape index (κ2) is 6.10. The molecule has 1 aliphatic rings. The molecule has 108 valence electrons. The third-order valence-electron chi connectivity index (χ3n) is 3.59. The number of nitriles is 1. The van der Waals surface area contributed by atoms with Gasteiger partial charge < -0.3 is 10.2 Å². The second-order valence-corrected chi connectivity index (χ2v) is 6.01. The number of rotatable bonds is 3. The summed E-state index contributed by atoms with van der Waals surface area (Å²) in [5.74, 6) is 0. The van der Waals surface area contributed by atoms with Gasteiger partial charge in [-0.1, -0.05) is 0 Å². The first-order valence-corrected chi connectivity index (χ1v) is 7.89. The lowest BCUT2D eigenvalue weighted by molar-refractivity contribution is 0.577. The van der Waals surface area contributed by atoms with E-state index in [0.717, 1.165) is 35.2 Å². The molecule has 2 aromatic heterocycles. The van der Waals surface area contributed by atoms with Crippen molar-refractivity contribution in [2.24, 2.45) is 0 Å². The smallest absolute Gasteiger partial charge is 0.164 e. The van der Waals surface area contributed by atoms with Gasteiger partial charge in [0.25, 0.3) is 0 Å². The summed E-state index contributed by atoms with van der Waals surface area (Å²) in [6, 6.07) is 6.14. The Balaban J connectivity index is 1.88. The van der Waals surface area contributed by atoms with E-state index in [1.54, 1.807) is 6.20 Å². The van der Waals surface area contributed by atoms with Crippen LogP contribution in [0.4, 0.5) is 16.4 Å². The maximum absolute atomic E-state index is 9.22. The average molecular weight is 299 g/mol. The minimum absolute atomic E-state index is 0.418. The van der Waals surface area contributed by atoms with Gasteiger partial charge in [0.05, 0.1) is 23.3 Å². The van der Waals surface area contributed by atoms with Crippen molar-refractivity contribution in [1.29, 1.82) is 5.26 Å². The summed E-state index contributed by atoms with van der Waals surface area (Å²) >= 11 is 1.39. The molecule has 21 heavy (non-hydrogen) atoms. The zero-order chi connectivity index (χ0) is 14.7. The van der Waals surface area contributed by atoms with Crippen molar-refractivity contribution in [3.8, 4) is 6.07 Å². The van der Waals surface area contributed by atoms with E-state index in [1.165, 1.54) is 30.8 Å². The van der Waals surface area contributed by atoms with Gasteiger partial charge in [-0.25, -0.2) is 4.98 Å². The van der Waals surface area contributed by atoms with E-state index in [1.807, 2.05) is 19.1 Å². The van der Waals surface area contributed by atoms with E-state index in [9.17, 15) is 5.26 Å². The number of nitrogens with zero attached hydrogens (tertiary/aromatic N) is 4. The molecule has 0 aliphatic carbocycles. The molecule has 2 aromatic rings. The van der Waals surface area contributed by atoms with E-state index in [4.69, 9.17) is 0 Å². The Kier molecular flexibility index (Phi) is 4.02. The Labute approximate surface area is 128 Å². The lowest BCUT2D eigenvalue weighted by Gasteiger charge is -2.28. The van der Waals surface area contributed by atoms with E-state index in [0.29, 0.717) is 5.69 Å². The number of hydrogen-bond acceptors (Lipinski definition) is 6. The fraction of sp³-hybridized carbons (Fsp3) is 0.400. The van der Waals surface area contributed by atoms with Gasteiger partial charge in [-0.15, -0.1) is 0 Å². The zero-order valence-electron chi connectivity index (χ0n) is 12.0. The Bertz CT molecular complexity index is 667. The summed E-state index contributed by atoms with van der Waals surface area (Å²) in [6.45, 7) is 4.08. The summed E-state index contributed by atoms with van der Waals surface area (Å²) in [4.78, 5) is 6.63. The highest BCUT2D eigenvalue weighted by Gasteiger charge is 2.14.